The molecule has 21 heteroatoms. The van der Waals surface area contributed by atoms with Gasteiger partial charge in [-0.3, -0.25) is 4.79 Å². The van der Waals surface area contributed by atoms with E-state index in [0.29, 0.717) is 0 Å². The fraction of sp³-hybridized carbons (Fsp3) is 0.667. The minimum Gasteiger partial charge on any atom is -0.490 e. The predicted octanol–water partition coefficient (Wildman–Crippen LogP) is 6.53. The summed E-state index contributed by atoms with van der Waals surface area (Å²) in [6, 6.07) is 0. The summed E-state index contributed by atoms with van der Waals surface area (Å²) in [4.78, 5) is 20.9. The second-order valence-electron chi connectivity index (χ2n) is 7.33. The van der Waals surface area contributed by atoms with Crippen LogP contribution < -0.4 is 0 Å². The van der Waals surface area contributed by atoms with Crippen molar-refractivity contribution in [1.82, 2.24) is 0 Å². The standard InChI is InChI=1S/C18H14F16O5/c1-8(2)9(3)37-4-5-38-10(36)39-7-12(21,22)14(25,26)16(29,30)18(33,34)17(31,32)15(27,28)13(23,24)11(19,20)6-35/h6H,1,3-5,7H2,2H3. The van der Waals surface area contributed by atoms with Crippen LogP contribution in [0.2, 0.25) is 0 Å². The molecule has 228 valence electrons. The number of carbonyl (C=O) groups excluding carboxylic acids is 2. The lowest BCUT2D eigenvalue weighted by Crippen LogP contribution is -2.75. The van der Waals surface area contributed by atoms with E-state index in [2.05, 4.69) is 22.6 Å². The Labute approximate surface area is 206 Å². The van der Waals surface area contributed by atoms with E-state index in [4.69, 9.17) is 4.74 Å². The van der Waals surface area contributed by atoms with Gasteiger partial charge in [0, 0.05) is 0 Å². The molecule has 0 aliphatic heterocycles. The minimum atomic E-state index is -8.66. The monoisotopic (exact) mass is 614 g/mol. The lowest BCUT2D eigenvalue weighted by atomic mass is 9.88. The molecule has 0 aromatic heterocycles. The molecule has 39 heavy (non-hydrogen) atoms. The van der Waals surface area contributed by atoms with E-state index >= 15 is 0 Å². The SMILES string of the molecule is C=C(C)C(=C)OCCOC(=O)OCC(F)(F)C(F)(F)C(F)(F)C(F)(F)C(F)(F)C(F)(F)C(F)(F)C(F)(F)C=O. The molecule has 0 N–H and O–H groups in total. The average Bonchev–Trinajstić information content (AvgIpc) is 2.79. The van der Waals surface area contributed by atoms with Crippen LogP contribution in [-0.4, -0.2) is 79.6 Å². The largest absolute Gasteiger partial charge is 0.508 e. The second-order valence-corrected chi connectivity index (χ2v) is 7.33. The first kappa shape index (κ1) is 36.1. The van der Waals surface area contributed by atoms with Crippen LogP contribution in [0, 0.1) is 0 Å². The zero-order chi connectivity index (χ0) is 31.7. The number of aldehydes is 1. The molecule has 0 radical (unpaired) electrons. The number of halogens is 16. The highest BCUT2D eigenvalue weighted by Crippen LogP contribution is 2.63. The van der Waals surface area contributed by atoms with E-state index < -0.39 is 79.6 Å². The second kappa shape index (κ2) is 10.9. The van der Waals surface area contributed by atoms with Crippen molar-refractivity contribution in [3.8, 4) is 0 Å². The van der Waals surface area contributed by atoms with Crippen molar-refractivity contribution >= 4 is 12.4 Å². The van der Waals surface area contributed by atoms with Crippen LogP contribution >= 0.6 is 0 Å². The zero-order valence-corrected chi connectivity index (χ0v) is 18.7. The number of allylic oxidation sites excluding steroid dienone is 1. The Kier molecular flexibility index (Phi) is 10.1. The van der Waals surface area contributed by atoms with Gasteiger partial charge in [0.2, 0.25) is 0 Å². The van der Waals surface area contributed by atoms with Crippen LogP contribution in [0.15, 0.2) is 24.5 Å². The van der Waals surface area contributed by atoms with E-state index in [9.17, 15) is 79.8 Å². The van der Waals surface area contributed by atoms with Gasteiger partial charge in [0.1, 0.15) is 19.0 Å². The van der Waals surface area contributed by atoms with Gasteiger partial charge >= 0.3 is 53.5 Å². The van der Waals surface area contributed by atoms with Crippen LogP contribution in [0.1, 0.15) is 6.92 Å². The van der Waals surface area contributed by atoms with Crippen molar-refractivity contribution < 1.29 is 94.0 Å². The van der Waals surface area contributed by atoms with Crippen molar-refractivity contribution in [3.05, 3.63) is 24.5 Å². The van der Waals surface area contributed by atoms with Crippen molar-refractivity contribution in [2.45, 2.75) is 54.3 Å². The third-order valence-corrected chi connectivity index (χ3v) is 4.42. The van der Waals surface area contributed by atoms with Crippen LogP contribution in [0.4, 0.5) is 75.0 Å². The maximum Gasteiger partial charge on any atom is 0.508 e. The van der Waals surface area contributed by atoms with Crippen LogP contribution in [-0.2, 0) is 19.0 Å². The molecule has 0 spiro atoms. The first-order chi connectivity index (χ1) is 17.0. The maximum absolute atomic E-state index is 13.7. The highest BCUT2D eigenvalue weighted by atomic mass is 19.4. The molecule has 0 aliphatic rings. The number of rotatable bonds is 15. The van der Waals surface area contributed by atoms with Crippen molar-refractivity contribution in [1.29, 1.82) is 0 Å². The molecule has 0 aromatic carbocycles. The average molecular weight is 614 g/mol. The number of hydrogen-bond acceptors (Lipinski definition) is 5. The van der Waals surface area contributed by atoms with E-state index in [0.717, 1.165) is 0 Å². The van der Waals surface area contributed by atoms with Gasteiger partial charge in [-0.2, -0.15) is 70.2 Å². The van der Waals surface area contributed by atoms with E-state index in [1.807, 2.05) is 0 Å². The van der Waals surface area contributed by atoms with Crippen molar-refractivity contribution in [2.24, 2.45) is 0 Å². The lowest BCUT2D eigenvalue weighted by Gasteiger charge is -2.43. The molecule has 0 fully saturated rings. The molecular weight excluding hydrogens is 600 g/mol. The van der Waals surface area contributed by atoms with Crippen molar-refractivity contribution in [2.75, 3.05) is 19.8 Å². The Morgan fingerprint density at radius 1 is 0.615 bits per heavy atom. The molecule has 0 atom stereocenters. The Morgan fingerprint density at radius 3 is 1.36 bits per heavy atom. The quantitative estimate of drug-likeness (QED) is 0.0525. The maximum atomic E-state index is 13.7. The Hall–Kier alpha value is -2.90. The Morgan fingerprint density at radius 2 is 0.974 bits per heavy atom. The molecule has 0 saturated heterocycles. The Bertz CT molecular complexity index is 944. The van der Waals surface area contributed by atoms with Gasteiger partial charge < -0.3 is 14.2 Å². The van der Waals surface area contributed by atoms with Gasteiger partial charge in [0.05, 0.1) is 0 Å². The van der Waals surface area contributed by atoms with Crippen LogP contribution in [0.25, 0.3) is 0 Å². The molecule has 0 saturated carbocycles. The molecule has 0 aromatic rings. The van der Waals surface area contributed by atoms with E-state index in [-0.39, 0.29) is 11.3 Å². The van der Waals surface area contributed by atoms with Gasteiger partial charge in [-0.1, -0.05) is 13.2 Å². The summed E-state index contributed by atoms with van der Waals surface area (Å²) in [7, 11) is 0. The van der Waals surface area contributed by atoms with E-state index in [1.54, 1.807) is 0 Å². The number of ether oxygens (including phenoxy) is 3. The summed E-state index contributed by atoms with van der Waals surface area (Å²) in [5.74, 6) is -64.0. The lowest BCUT2D eigenvalue weighted by molar-refractivity contribution is -0.451. The first-order valence-electron chi connectivity index (χ1n) is 9.29. The highest BCUT2D eigenvalue weighted by molar-refractivity contribution is 5.62. The zero-order valence-electron chi connectivity index (χ0n) is 18.7. The highest BCUT2D eigenvalue weighted by Gasteiger charge is 2.94. The van der Waals surface area contributed by atoms with Gasteiger partial charge in [-0.15, -0.1) is 0 Å². The predicted molar refractivity (Wildman–Crippen MR) is 92.8 cm³/mol. The fourth-order valence-electron chi connectivity index (χ4n) is 2.00. The number of hydrogen-bond donors (Lipinski definition) is 0. The normalized spacial score (nSPS) is 14.5. The van der Waals surface area contributed by atoms with E-state index in [1.165, 1.54) is 6.92 Å². The molecular formula is C18H14F16O5. The summed E-state index contributed by atoms with van der Waals surface area (Å²) in [5, 5.41) is 0. The number of carbonyl (C=O) groups is 2. The molecule has 0 amide bonds. The van der Waals surface area contributed by atoms with Crippen LogP contribution in [0.3, 0.4) is 0 Å². The summed E-state index contributed by atoms with van der Waals surface area (Å²) in [5.41, 5.74) is 0.238. The molecule has 0 bridgehead atoms. The van der Waals surface area contributed by atoms with Gasteiger partial charge in [-0.25, -0.2) is 4.79 Å². The summed E-state index contributed by atoms with van der Waals surface area (Å²) < 4.78 is 227. The topological polar surface area (TPSA) is 61.8 Å². The van der Waals surface area contributed by atoms with Gasteiger partial charge in [0.15, 0.2) is 12.9 Å². The van der Waals surface area contributed by atoms with Gasteiger partial charge in [-0.05, 0) is 12.5 Å². The molecule has 0 unspecified atom stereocenters. The third-order valence-electron chi connectivity index (χ3n) is 4.42. The molecule has 5 nitrogen and oxygen atoms in total. The summed E-state index contributed by atoms with van der Waals surface area (Å²) in [6.07, 6.45) is -4.90. The smallest absolute Gasteiger partial charge is 0.490 e. The Balaban J connectivity index is 5.98. The molecule has 0 heterocycles. The van der Waals surface area contributed by atoms with Crippen molar-refractivity contribution in [3.63, 3.8) is 0 Å². The third kappa shape index (κ3) is 5.99. The summed E-state index contributed by atoms with van der Waals surface area (Å²) in [6.45, 7) is 3.03. The van der Waals surface area contributed by atoms with Gasteiger partial charge in [0.25, 0.3) is 0 Å². The molecule has 0 rings (SSSR count). The fourth-order valence-corrected chi connectivity index (χ4v) is 2.00. The first-order valence-corrected chi connectivity index (χ1v) is 9.29. The minimum absolute atomic E-state index is 0.101. The number of alkyl halides is 16. The van der Waals surface area contributed by atoms with Crippen LogP contribution in [0.5, 0.6) is 0 Å². The summed E-state index contributed by atoms with van der Waals surface area (Å²) >= 11 is 0. The molecule has 0 aliphatic carbocycles.